The van der Waals surface area contributed by atoms with Crippen LogP contribution >= 0.6 is 35.0 Å². The fraction of sp³-hybridized carbons (Fsp3) is 0.400. The molecule has 15 heavy (non-hydrogen) atoms. The molecule has 0 fully saturated rings. The molecule has 1 aromatic carbocycles. The molecular formula is C10H12Cl2O2S. The lowest BCUT2D eigenvalue weighted by atomic mass is 10.2. The molecule has 2 nitrogen and oxygen atoms in total. The Bertz CT molecular complexity index is 320. The number of aliphatic hydroxyl groups excluding tert-OH is 2. The van der Waals surface area contributed by atoms with Crippen molar-refractivity contribution in [1.29, 1.82) is 0 Å². The number of thioether (sulfide) groups is 1. The summed E-state index contributed by atoms with van der Waals surface area (Å²) in [5, 5.41) is 19.1. The van der Waals surface area contributed by atoms with E-state index in [4.69, 9.17) is 33.4 Å². The van der Waals surface area contributed by atoms with Crippen LogP contribution in [0.25, 0.3) is 0 Å². The maximum Gasteiger partial charge on any atom is 0.0861 e. The van der Waals surface area contributed by atoms with E-state index in [2.05, 4.69) is 0 Å². The van der Waals surface area contributed by atoms with Crippen molar-refractivity contribution in [2.24, 2.45) is 0 Å². The highest BCUT2D eigenvalue weighted by molar-refractivity contribution is 7.98. The van der Waals surface area contributed by atoms with Gasteiger partial charge in [0.1, 0.15) is 0 Å². The Balaban J connectivity index is 2.46. The lowest BCUT2D eigenvalue weighted by molar-refractivity contribution is 0.113. The Labute approximate surface area is 103 Å². The smallest absolute Gasteiger partial charge is 0.0861 e. The van der Waals surface area contributed by atoms with Crippen molar-refractivity contribution >= 4 is 35.0 Å². The van der Waals surface area contributed by atoms with Crippen LogP contribution in [-0.4, -0.2) is 28.7 Å². The predicted molar refractivity (Wildman–Crippen MR) is 65.7 cm³/mol. The first-order valence-electron chi connectivity index (χ1n) is 4.44. The first kappa shape index (κ1) is 13.1. The van der Waals surface area contributed by atoms with Gasteiger partial charge >= 0.3 is 0 Å². The fourth-order valence-corrected chi connectivity index (χ4v) is 2.42. The number of hydrogen-bond acceptors (Lipinski definition) is 3. The quantitative estimate of drug-likeness (QED) is 0.861. The minimum Gasteiger partial charge on any atom is -0.394 e. The molecule has 0 bridgehead atoms. The van der Waals surface area contributed by atoms with Gasteiger partial charge in [0.15, 0.2) is 0 Å². The van der Waals surface area contributed by atoms with Gasteiger partial charge in [-0.05, 0) is 23.8 Å². The van der Waals surface area contributed by atoms with Crippen LogP contribution in [0.3, 0.4) is 0 Å². The van der Waals surface area contributed by atoms with E-state index >= 15 is 0 Å². The van der Waals surface area contributed by atoms with E-state index in [1.54, 1.807) is 12.1 Å². The number of hydrogen-bond donors (Lipinski definition) is 2. The van der Waals surface area contributed by atoms with Crippen LogP contribution in [-0.2, 0) is 5.75 Å². The number of aliphatic hydroxyl groups is 2. The van der Waals surface area contributed by atoms with E-state index in [0.29, 0.717) is 21.6 Å². The minimum absolute atomic E-state index is 0.212. The average Bonchev–Trinajstić information content (AvgIpc) is 2.23. The van der Waals surface area contributed by atoms with Gasteiger partial charge in [-0.25, -0.2) is 0 Å². The van der Waals surface area contributed by atoms with Crippen molar-refractivity contribution in [3.63, 3.8) is 0 Å². The SMILES string of the molecule is OC[C@H](O)CSCc1cc(Cl)ccc1Cl. The van der Waals surface area contributed by atoms with Gasteiger partial charge in [-0.3, -0.25) is 0 Å². The maximum absolute atomic E-state index is 9.13. The summed E-state index contributed by atoms with van der Waals surface area (Å²) in [6, 6.07) is 5.30. The summed E-state index contributed by atoms with van der Waals surface area (Å²) in [4.78, 5) is 0. The van der Waals surface area contributed by atoms with Crippen LogP contribution in [0.1, 0.15) is 5.56 Å². The van der Waals surface area contributed by atoms with Crippen LogP contribution in [0, 0.1) is 0 Å². The largest absolute Gasteiger partial charge is 0.394 e. The highest BCUT2D eigenvalue weighted by Gasteiger charge is 2.05. The van der Waals surface area contributed by atoms with E-state index < -0.39 is 6.10 Å². The van der Waals surface area contributed by atoms with Crippen LogP contribution < -0.4 is 0 Å². The molecule has 0 amide bonds. The van der Waals surface area contributed by atoms with Gasteiger partial charge in [0.05, 0.1) is 12.7 Å². The van der Waals surface area contributed by atoms with Crippen LogP contribution in [0.2, 0.25) is 10.0 Å². The zero-order valence-corrected chi connectivity index (χ0v) is 10.3. The number of halogens is 2. The van der Waals surface area contributed by atoms with E-state index in [1.165, 1.54) is 11.8 Å². The second kappa shape index (κ2) is 6.61. The summed E-state index contributed by atoms with van der Waals surface area (Å²) < 4.78 is 0. The Kier molecular flexibility index (Phi) is 5.79. The molecule has 1 aromatic rings. The average molecular weight is 267 g/mol. The van der Waals surface area contributed by atoms with Gasteiger partial charge in [0.2, 0.25) is 0 Å². The van der Waals surface area contributed by atoms with E-state index in [9.17, 15) is 0 Å². The number of rotatable bonds is 5. The molecule has 0 saturated carbocycles. The lowest BCUT2D eigenvalue weighted by Crippen LogP contribution is -2.14. The van der Waals surface area contributed by atoms with Crippen molar-refractivity contribution < 1.29 is 10.2 Å². The van der Waals surface area contributed by atoms with Crippen LogP contribution in [0.4, 0.5) is 0 Å². The third-order valence-electron chi connectivity index (χ3n) is 1.79. The molecular weight excluding hydrogens is 255 g/mol. The summed E-state index contributed by atoms with van der Waals surface area (Å²) in [7, 11) is 0. The minimum atomic E-state index is -0.673. The monoisotopic (exact) mass is 266 g/mol. The molecule has 0 heterocycles. The lowest BCUT2D eigenvalue weighted by Gasteiger charge is -2.07. The van der Waals surface area contributed by atoms with Gasteiger partial charge in [0.25, 0.3) is 0 Å². The van der Waals surface area contributed by atoms with E-state index in [-0.39, 0.29) is 6.61 Å². The fourth-order valence-electron chi connectivity index (χ4n) is 1.01. The maximum atomic E-state index is 9.13. The van der Waals surface area contributed by atoms with Gasteiger partial charge < -0.3 is 10.2 Å². The molecule has 1 rings (SSSR count). The molecule has 2 N–H and O–H groups in total. The Hall–Kier alpha value is 0.0700. The second-order valence-electron chi connectivity index (χ2n) is 3.09. The van der Waals surface area contributed by atoms with E-state index in [1.807, 2.05) is 6.07 Å². The summed E-state index contributed by atoms with van der Waals surface area (Å²) in [6.45, 7) is -0.212. The summed E-state index contributed by atoms with van der Waals surface area (Å²) >= 11 is 13.3. The first-order valence-corrected chi connectivity index (χ1v) is 6.35. The van der Waals surface area contributed by atoms with Gasteiger partial charge in [-0.1, -0.05) is 23.2 Å². The first-order chi connectivity index (χ1) is 7.13. The molecule has 0 aliphatic carbocycles. The van der Waals surface area contributed by atoms with Crippen molar-refractivity contribution in [2.75, 3.05) is 12.4 Å². The molecule has 0 saturated heterocycles. The second-order valence-corrected chi connectivity index (χ2v) is 4.96. The van der Waals surface area contributed by atoms with Gasteiger partial charge in [-0.15, -0.1) is 0 Å². The van der Waals surface area contributed by atoms with Crippen molar-refractivity contribution in [3.8, 4) is 0 Å². The third-order valence-corrected chi connectivity index (χ3v) is 3.53. The summed E-state index contributed by atoms with van der Waals surface area (Å²) in [5.41, 5.74) is 0.944. The predicted octanol–water partition coefficient (Wildman–Crippen LogP) is 2.58. The third kappa shape index (κ3) is 4.62. The van der Waals surface area contributed by atoms with Crippen molar-refractivity contribution in [1.82, 2.24) is 0 Å². The molecule has 0 aliphatic heterocycles. The summed E-state index contributed by atoms with van der Waals surface area (Å²) in [5.74, 6) is 1.16. The van der Waals surface area contributed by atoms with Gasteiger partial charge in [-0.2, -0.15) is 11.8 Å². The molecule has 0 aliphatic rings. The molecule has 5 heteroatoms. The molecule has 84 valence electrons. The Morgan fingerprint density at radius 3 is 2.73 bits per heavy atom. The molecule has 0 aromatic heterocycles. The highest BCUT2D eigenvalue weighted by atomic mass is 35.5. The molecule has 0 unspecified atom stereocenters. The zero-order valence-electron chi connectivity index (χ0n) is 7.99. The standard InChI is InChI=1S/C10H12Cl2O2S/c11-8-1-2-10(12)7(3-8)5-15-6-9(14)4-13/h1-3,9,13-14H,4-6H2/t9-/m0/s1. The molecule has 0 radical (unpaired) electrons. The summed E-state index contributed by atoms with van der Waals surface area (Å²) in [6.07, 6.45) is -0.673. The van der Waals surface area contributed by atoms with Crippen molar-refractivity contribution in [2.45, 2.75) is 11.9 Å². The Morgan fingerprint density at radius 1 is 1.33 bits per heavy atom. The van der Waals surface area contributed by atoms with Crippen LogP contribution in [0.5, 0.6) is 0 Å². The normalized spacial score (nSPS) is 12.8. The van der Waals surface area contributed by atoms with E-state index in [0.717, 1.165) is 5.56 Å². The van der Waals surface area contributed by atoms with Crippen molar-refractivity contribution in [3.05, 3.63) is 33.8 Å². The van der Waals surface area contributed by atoms with Gasteiger partial charge in [0, 0.05) is 21.6 Å². The molecule has 1 atom stereocenters. The highest BCUT2D eigenvalue weighted by Crippen LogP contribution is 2.24. The zero-order chi connectivity index (χ0) is 11.3. The molecule has 0 spiro atoms. The topological polar surface area (TPSA) is 40.5 Å². The number of benzene rings is 1. The van der Waals surface area contributed by atoms with Crippen LogP contribution in [0.15, 0.2) is 18.2 Å². The Morgan fingerprint density at radius 2 is 2.07 bits per heavy atom.